The van der Waals surface area contributed by atoms with E-state index in [2.05, 4.69) is 5.32 Å². The van der Waals surface area contributed by atoms with Crippen molar-refractivity contribution in [3.63, 3.8) is 0 Å². The van der Waals surface area contributed by atoms with Gasteiger partial charge in [-0.1, -0.05) is 19.3 Å². The van der Waals surface area contributed by atoms with Crippen LogP contribution in [0.2, 0.25) is 0 Å². The van der Waals surface area contributed by atoms with E-state index < -0.39 is 17.6 Å². The number of urea groups is 1. The van der Waals surface area contributed by atoms with Gasteiger partial charge in [0.05, 0.1) is 18.1 Å². The number of aliphatic hydroxyl groups is 1. The van der Waals surface area contributed by atoms with Crippen molar-refractivity contribution in [3.8, 4) is 0 Å². The molecular weight excluding hydrogens is 260 g/mol. The Bertz CT molecular complexity index is 366. The number of likely N-dealkylation sites (tertiary alicyclic amines) is 1. The number of carbonyl (C=O) groups excluding carboxylic acids is 1. The fourth-order valence-corrected chi connectivity index (χ4v) is 3.31. The van der Waals surface area contributed by atoms with Crippen molar-refractivity contribution in [1.29, 1.82) is 0 Å². The quantitative estimate of drug-likeness (QED) is 0.729. The number of hydrogen-bond donors (Lipinski definition) is 3. The molecule has 2 rings (SSSR count). The zero-order valence-electron chi connectivity index (χ0n) is 11.8. The van der Waals surface area contributed by atoms with Crippen molar-refractivity contribution < 1.29 is 19.8 Å². The van der Waals surface area contributed by atoms with Gasteiger partial charge in [-0.3, -0.25) is 4.79 Å². The van der Waals surface area contributed by atoms with Crippen molar-refractivity contribution >= 4 is 12.0 Å². The number of hydrogen-bond acceptors (Lipinski definition) is 3. The van der Waals surface area contributed by atoms with Crippen molar-refractivity contribution in [3.05, 3.63) is 0 Å². The molecule has 3 N–H and O–H groups in total. The number of aliphatic hydroxyl groups excluding tert-OH is 1. The van der Waals surface area contributed by atoms with Crippen LogP contribution < -0.4 is 5.32 Å². The molecule has 1 saturated carbocycles. The van der Waals surface area contributed by atoms with E-state index in [1.54, 1.807) is 4.90 Å². The molecule has 2 fully saturated rings. The maximum absolute atomic E-state index is 12.3. The number of carboxylic acids is 1. The standard InChI is InChI=1S/C14H24N2O4/c17-11-5-4-8-16(10-11)13(20)15-14(9-12(18)19)6-2-1-3-7-14/h11,17H,1-10H2,(H,15,20)(H,18,19). The molecule has 20 heavy (non-hydrogen) atoms. The summed E-state index contributed by atoms with van der Waals surface area (Å²) in [7, 11) is 0. The second-order valence-corrected chi connectivity index (χ2v) is 6.08. The minimum atomic E-state index is -0.870. The van der Waals surface area contributed by atoms with Gasteiger partial charge in [0, 0.05) is 13.1 Å². The number of piperidine rings is 1. The summed E-state index contributed by atoms with van der Waals surface area (Å²) in [5.41, 5.74) is -0.608. The Balaban J connectivity index is 1.99. The van der Waals surface area contributed by atoms with E-state index in [9.17, 15) is 14.7 Å². The molecule has 1 heterocycles. The highest BCUT2D eigenvalue weighted by Crippen LogP contribution is 2.31. The fraction of sp³-hybridized carbons (Fsp3) is 0.857. The van der Waals surface area contributed by atoms with Crippen LogP contribution in [0, 0.1) is 0 Å². The third kappa shape index (κ3) is 3.85. The van der Waals surface area contributed by atoms with E-state index in [1.165, 1.54) is 0 Å². The zero-order valence-corrected chi connectivity index (χ0v) is 11.8. The smallest absolute Gasteiger partial charge is 0.317 e. The fourth-order valence-electron chi connectivity index (χ4n) is 3.31. The first-order valence-electron chi connectivity index (χ1n) is 7.48. The molecular formula is C14H24N2O4. The molecule has 1 saturated heterocycles. The molecule has 0 aromatic rings. The number of β-amino-alcohol motifs (C(OH)–C–C–N with tert-alkyl or cyclic N) is 1. The minimum absolute atomic E-state index is 0.0187. The highest BCUT2D eigenvalue weighted by Gasteiger charge is 2.37. The van der Waals surface area contributed by atoms with Gasteiger partial charge in [-0.05, 0) is 25.7 Å². The Morgan fingerprint density at radius 1 is 1.20 bits per heavy atom. The first-order valence-corrected chi connectivity index (χ1v) is 7.48. The lowest BCUT2D eigenvalue weighted by Gasteiger charge is -2.40. The molecule has 1 aliphatic heterocycles. The summed E-state index contributed by atoms with van der Waals surface area (Å²) >= 11 is 0. The summed E-state index contributed by atoms with van der Waals surface area (Å²) in [6.07, 6.45) is 5.49. The molecule has 6 nitrogen and oxygen atoms in total. The van der Waals surface area contributed by atoms with Crippen molar-refractivity contribution in [2.24, 2.45) is 0 Å². The highest BCUT2D eigenvalue weighted by molar-refractivity contribution is 5.77. The normalized spacial score (nSPS) is 26.1. The van der Waals surface area contributed by atoms with Gasteiger partial charge in [0.25, 0.3) is 0 Å². The summed E-state index contributed by atoms with van der Waals surface area (Å²) in [6.45, 7) is 0.973. The predicted molar refractivity (Wildman–Crippen MR) is 73.4 cm³/mol. The molecule has 1 aliphatic carbocycles. The van der Waals surface area contributed by atoms with E-state index in [1.807, 2.05) is 0 Å². The number of nitrogens with one attached hydrogen (secondary N) is 1. The summed E-state index contributed by atoms with van der Waals surface area (Å²) in [6, 6.07) is -0.230. The van der Waals surface area contributed by atoms with E-state index in [0.717, 1.165) is 44.9 Å². The SMILES string of the molecule is O=C(O)CC1(NC(=O)N2CCCC(O)C2)CCCCC1. The van der Waals surface area contributed by atoms with Crippen molar-refractivity contribution in [1.82, 2.24) is 10.2 Å². The van der Waals surface area contributed by atoms with Crippen LogP contribution in [0.25, 0.3) is 0 Å². The third-order valence-corrected chi connectivity index (χ3v) is 4.36. The average Bonchev–Trinajstić information content (AvgIpc) is 2.38. The molecule has 1 unspecified atom stereocenters. The third-order valence-electron chi connectivity index (χ3n) is 4.36. The van der Waals surface area contributed by atoms with Gasteiger partial charge in [0.2, 0.25) is 0 Å². The molecule has 1 atom stereocenters. The Hall–Kier alpha value is -1.30. The van der Waals surface area contributed by atoms with E-state index in [-0.39, 0.29) is 12.5 Å². The zero-order chi connectivity index (χ0) is 14.6. The van der Waals surface area contributed by atoms with Crippen LogP contribution in [-0.2, 0) is 4.79 Å². The van der Waals surface area contributed by atoms with Gasteiger partial charge < -0.3 is 20.4 Å². The Labute approximate surface area is 119 Å². The molecule has 0 aromatic heterocycles. The molecule has 0 spiro atoms. The van der Waals surface area contributed by atoms with E-state index in [0.29, 0.717) is 13.1 Å². The Kier molecular flexibility index (Phi) is 4.86. The molecule has 0 radical (unpaired) electrons. The summed E-state index contributed by atoms with van der Waals surface area (Å²) in [4.78, 5) is 25.0. The van der Waals surface area contributed by atoms with Crippen LogP contribution >= 0.6 is 0 Å². The van der Waals surface area contributed by atoms with Gasteiger partial charge in [-0.15, -0.1) is 0 Å². The Morgan fingerprint density at radius 2 is 1.90 bits per heavy atom. The van der Waals surface area contributed by atoms with Crippen LogP contribution in [0.15, 0.2) is 0 Å². The number of carbonyl (C=O) groups is 2. The van der Waals surface area contributed by atoms with Gasteiger partial charge in [0.1, 0.15) is 0 Å². The highest BCUT2D eigenvalue weighted by atomic mass is 16.4. The van der Waals surface area contributed by atoms with Crippen LogP contribution in [0.3, 0.4) is 0 Å². The molecule has 2 aliphatic rings. The molecule has 6 heteroatoms. The number of rotatable bonds is 3. The van der Waals surface area contributed by atoms with E-state index >= 15 is 0 Å². The lowest BCUT2D eigenvalue weighted by atomic mass is 9.79. The monoisotopic (exact) mass is 284 g/mol. The summed E-state index contributed by atoms with van der Waals surface area (Å²) < 4.78 is 0. The van der Waals surface area contributed by atoms with Gasteiger partial charge in [-0.2, -0.15) is 0 Å². The van der Waals surface area contributed by atoms with Crippen LogP contribution in [0.4, 0.5) is 4.79 Å². The van der Waals surface area contributed by atoms with Crippen LogP contribution in [-0.4, -0.2) is 51.8 Å². The number of aliphatic carboxylic acids is 1. The average molecular weight is 284 g/mol. The predicted octanol–water partition coefficient (Wildman–Crippen LogP) is 1.33. The first kappa shape index (κ1) is 15.1. The minimum Gasteiger partial charge on any atom is -0.481 e. The van der Waals surface area contributed by atoms with Crippen LogP contribution in [0.1, 0.15) is 51.4 Å². The first-order chi connectivity index (χ1) is 9.51. The van der Waals surface area contributed by atoms with Gasteiger partial charge >= 0.3 is 12.0 Å². The second-order valence-electron chi connectivity index (χ2n) is 6.08. The molecule has 0 bridgehead atoms. The molecule has 114 valence electrons. The number of nitrogens with zero attached hydrogens (tertiary/aromatic N) is 1. The largest absolute Gasteiger partial charge is 0.481 e. The van der Waals surface area contributed by atoms with Gasteiger partial charge in [0.15, 0.2) is 0 Å². The summed E-state index contributed by atoms with van der Waals surface area (Å²) in [5, 5.41) is 21.7. The Morgan fingerprint density at radius 3 is 2.50 bits per heavy atom. The lowest BCUT2D eigenvalue weighted by Crippen LogP contribution is -2.57. The maximum atomic E-state index is 12.3. The lowest BCUT2D eigenvalue weighted by molar-refractivity contribution is -0.139. The van der Waals surface area contributed by atoms with Gasteiger partial charge in [-0.25, -0.2) is 4.79 Å². The molecule has 0 aromatic carbocycles. The van der Waals surface area contributed by atoms with E-state index in [4.69, 9.17) is 5.11 Å². The number of carboxylic acid groups (broad SMARTS) is 1. The van der Waals surface area contributed by atoms with Crippen LogP contribution in [0.5, 0.6) is 0 Å². The second kappa shape index (κ2) is 6.43. The number of amides is 2. The van der Waals surface area contributed by atoms with Crippen molar-refractivity contribution in [2.75, 3.05) is 13.1 Å². The molecule has 2 amide bonds. The maximum Gasteiger partial charge on any atom is 0.317 e. The summed E-state index contributed by atoms with van der Waals surface area (Å²) in [5.74, 6) is -0.870. The topological polar surface area (TPSA) is 89.9 Å². The van der Waals surface area contributed by atoms with Crippen molar-refractivity contribution in [2.45, 2.75) is 63.0 Å².